The fraction of sp³-hybridized carbons (Fsp3) is 0.944. The normalized spacial score (nSPS) is 25.4. The monoisotopic (exact) mass is 310 g/mol. The van der Waals surface area contributed by atoms with Crippen LogP contribution in [0.1, 0.15) is 73.1 Å². The summed E-state index contributed by atoms with van der Waals surface area (Å²) >= 11 is 1.98. The van der Waals surface area contributed by atoms with Gasteiger partial charge in [0.25, 0.3) is 0 Å². The summed E-state index contributed by atoms with van der Waals surface area (Å²) in [6, 6.07) is 0. The molecule has 0 bridgehead atoms. The van der Waals surface area contributed by atoms with Crippen molar-refractivity contribution in [3.63, 3.8) is 0 Å². The van der Waals surface area contributed by atoms with Crippen molar-refractivity contribution < 1.29 is 0 Å². The molecule has 1 atom stereocenters. The van der Waals surface area contributed by atoms with E-state index in [2.05, 4.69) is 39.9 Å². The highest BCUT2D eigenvalue weighted by Crippen LogP contribution is 2.43. The predicted octanol–water partition coefficient (Wildman–Crippen LogP) is 5.09. The van der Waals surface area contributed by atoms with Crippen molar-refractivity contribution in [2.45, 2.75) is 78.4 Å². The van der Waals surface area contributed by atoms with Crippen molar-refractivity contribution in [3.05, 3.63) is 0 Å². The largest absolute Gasteiger partial charge is 0.364 e. The first-order valence-corrected chi connectivity index (χ1v) is 9.61. The molecule has 1 aliphatic carbocycles. The van der Waals surface area contributed by atoms with Gasteiger partial charge in [0.1, 0.15) is 0 Å². The Balaban J connectivity index is 1.80. The van der Waals surface area contributed by atoms with Crippen molar-refractivity contribution in [2.75, 3.05) is 13.1 Å². The summed E-state index contributed by atoms with van der Waals surface area (Å²) in [5.41, 5.74) is 0.951. The summed E-state index contributed by atoms with van der Waals surface area (Å²) in [4.78, 5) is 4.74. The lowest BCUT2D eigenvalue weighted by molar-refractivity contribution is 0.236. The maximum absolute atomic E-state index is 4.74. The molecule has 0 aromatic heterocycles. The summed E-state index contributed by atoms with van der Waals surface area (Å²) in [6.07, 6.45) is 8.26. The summed E-state index contributed by atoms with van der Waals surface area (Å²) < 4.78 is 0. The van der Waals surface area contributed by atoms with Crippen LogP contribution in [0.2, 0.25) is 0 Å². The number of hydrogen-bond acceptors (Lipinski definition) is 3. The van der Waals surface area contributed by atoms with Crippen molar-refractivity contribution in [1.82, 2.24) is 5.32 Å². The summed E-state index contributed by atoms with van der Waals surface area (Å²) in [5, 5.41) is 5.58. The zero-order valence-electron chi connectivity index (χ0n) is 14.7. The molecule has 1 N–H and O–H groups in total. The molecule has 1 saturated carbocycles. The van der Waals surface area contributed by atoms with Gasteiger partial charge in [-0.15, -0.1) is 0 Å². The molecular weight excluding hydrogens is 276 g/mol. The van der Waals surface area contributed by atoms with Crippen LogP contribution in [0.25, 0.3) is 0 Å². The minimum absolute atomic E-state index is 0.410. The molecule has 21 heavy (non-hydrogen) atoms. The number of amidine groups is 1. The highest BCUT2D eigenvalue weighted by atomic mass is 32.2. The zero-order chi connectivity index (χ0) is 15.5. The number of rotatable bonds is 5. The summed E-state index contributed by atoms with van der Waals surface area (Å²) in [5.74, 6) is 0.803. The first kappa shape index (κ1) is 17.2. The number of nitrogens with zero attached hydrogens (tertiary/aromatic N) is 1. The molecule has 0 radical (unpaired) electrons. The van der Waals surface area contributed by atoms with E-state index in [4.69, 9.17) is 4.99 Å². The van der Waals surface area contributed by atoms with Crippen molar-refractivity contribution in [1.29, 1.82) is 0 Å². The van der Waals surface area contributed by atoms with Crippen LogP contribution in [0.5, 0.6) is 0 Å². The second-order valence-electron chi connectivity index (χ2n) is 8.81. The number of thioether (sulfide) groups is 1. The molecule has 3 heteroatoms. The van der Waals surface area contributed by atoms with Crippen LogP contribution in [0.4, 0.5) is 0 Å². The van der Waals surface area contributed by atoms with E-state index in [0.29, 0.717) is 16.1 Å². The van der Waals surface area contributed by atoms with E-state index in [-0.39, 0.29) is 0 Å². The lowest BCUT2D eigenvalue weighted by Crippen LogP contribution is -2.35. The smallest absolute Gasteiger partial charge is 0.156 e. The number of aliphatic imine (C=N–C) groups is 1. The Morgan fingerprint density at radius 3 is 2.52 bits per heavy atom. The van der Waals surface area contributed by atoms with Crippen LogP contribution in [0, 0.1) is 16.7 Å². The Bertz CT molecular complexity index is 362. The molecule has 1 aliphatic heterocycles. The quantitative estimate of drug-likeness (QED) is 0.765. The lowest BCUT2D eigenvalue weighted by atomic mass is 9.78. The standard InChI is InChI=1S/C18H34N2S/c1-14(2)10-18(8-6-7-9-18)13-20-16-19-12-15(21-16)11-17(3,4)5/h14-15H,6-13H2,1-5H3,(H,19,20). The Morgan fingerprint density at radius 1 is 1.29 bits per heavy atom. The van der Waals surface area contributed by atoms with Crippen molar-refractivity contribution in [2.24, 2.45) is 21.7 Å². The first-order chi connectivity index (χ1) is 9.78. The van der Waals surface area contributed by atoms with Gasteiger partial charge in [-0.1, -0.05) is 59.2 Å². The molecule has 1 unspecified atom stereocenters. The molecule has 0 aromatic carbocycles. The average molecular weight is 311 g/mol. The van der Waals surface area contributed by atoms with E-state index in [1.54, 1.807) is 0 Å². The van der Waals surface area contributed by atoms with Gasteiger partial charge < -0.3 is 5.32 Å². The highest BCUT2D eigenvalue weighted by molar-refractivity contribution is 8.14. The summed E-state index contributed by atoms with van der Waals surface area (Å²) in [7, 11) is 0. The minimum atomic E-state index is 0.410. The Kier molecular flexibility index (Phi) is 5.67. The van der Waals surface area contributed by atoms with Crippen LogP contribution < -0.4 is 5.32 Å². The Hall–Kier alpha value is -0.180. The fourth-order valence-electron chi connectivity index (χ4n) is 4.01. The molecule has 122 valence electrons. The average Bonchev–Trinajstić information content (AvgIpc) is 2.94. The SMILES string of the molecule is CC(C)CC1(CNC2=NCC(CC(C)(C)C)S2)CCCC1. The topological polar surface area (TPSA) is 24.4 Å². The second-order valence-corrected chi connectivity index (χ2v) is 10.1. The van der Waals surface area contributed by atoms with Gasteiger partial charge in [-0.2, -0.15) is 0 Å². The lowest BCUT2D eigenvalue weighted by Gasteiger charge is -2.31. The van der Waals surface area contributed by atoms with Gasteiger partial charge in [-0.05, 0) is 42.4 Å². The number of nitrogens with one attached hydrogen (secondary N) is 1. The third-order valence-corrected chi connectivity index (χ3v) is 5.82. The van der Waals surface area contributed by atoms with Gasteiger partial charge >= 0.3 is 0 Å². The number of hydrogen-bond donors (Lipinski definition) is 1. The molecule has 0 spiro atoms. The van der Waals surface area contributed by atoms with Gasteiger partial charge in [-0.3, -0.25) is 4.99 Å². The van der Waals surface area contributed by atoms with E-state index in [0.717, 1.165) is 19.0 Å². The van der Waals surface area contributed by atoms with Crippen LogP contribution in [-0.2, 0) is 0 Å². The van der Waals surface area contributed by atoms with Crippen LogP contribution in [-0.4, -0.2) is 23.5 Å². The van der Waals surface area contributed by atoms with Crippen molar-refractivity contribution in [3.8, 4) is 0 Å². The van der Waals surface area contributed by atoms with E-state index in [1.165, 1.54) is 43.7 Å². The van der Waals surface area contributed by atoms with Crippen molar-refractivity contribution >= 4 is 16.9 Å². The van der Waals surface area contributed by atoms with Gasteiger partial charge in [-0.25, -0.2) is 0 Å². The Morgan fingerprint density at radius 2 is 1.95 bits per heavy atom. The molecule has 0 saturated heterocycles. The molecule has 2 rings (SSSR count). The molecule has 2 aliphatic rings. The molecule has 0 amide bonds. The molecule has 1 fully saturated rings. The fourth-order valence-corrected chi connectivity index (χ4v) is 5.36. The summed E-state index contributed by atoms with van der Waals surface area (Å²) in [6.45, 7) is 13.8. The predicted molar refractivity (Wildman–Crippen MR) is 96.1 cm³/mol. The van der Waals surface area contributed by atoms with E-state index in [9.17, 15) is 0 Å². The highest BCUT2D eigenvalue weighted by Gasteiger charge is 2.35. The van der Waals surface area contributed by atoms with Gasteiger partial charge in [0.15, 0.2) is 5.17 Å². The van der Waals surface area contributed by atoms with E-state index in [1.807, 2.05) is 11.8 Å². The maximum Gasteiger partial charge on any atom is 0.156 e. The third kappa shape index (κ3) is 5.50. The van der Waals surface area contributed by atoms with Crippen LogP contribution in [0.3, 0.4) is 0 Å². The van der Waals surface area contributed by atoms with Gasteiger partial charge in [0.2, 0.25) is 0 Å². The molecule has 1 heterocycles. The first-order valence-electron chi connectivity index (χ1n) is 8.73. The second kappa shape index (κ2) is 6.93. The third-order valence-electron chi connectivity index (χ3n) is 4.68. The van der Waals surface area contributed by atoms with Crippen LogP contribution in [0.15, 0.2) is 4.99 Å². The minimum Gasteiger partial charge on any atom is -0.364 e. The van der Waals surface area contributed by atoms with Gasteiger partial charge in [0.05, 0.1) is 6.54 Å². The molecular formula is C18H34N2S. The van der Waals surface area contributed by atoms with Crippen LogP contribution >= 0.6 is 11.8 Å². The maximum atomic E-state index is 4.74. The Labute approximate surface area is 135 Å². The van der Waals surface area contributed by atoms with Gasteiger partial charge in [0, 0.05) is 11.8 Å². The molecule has 0 aromatic rings. The van der Waals surface area contributed by atoms with E-state index >= 15 is 0 Å². The van der Waals surface area contributed by atoms with E-state index < -0.39 is 0 Å². The molecule has 2 nitrogen and oxygen atoms in total. The zero-order valence-corrected chi connectivity index (χ0v) is 15.5.